The molecule has 0 spiro atoms. The molecule has 0 aromatic heterocycles. The van der Waals surface area contributed by atoms with E-state index in [-0.39, 0.29) is 11.8 Å². The number of carbonyl (C=O) groups is 2. The molecule has 112 valence electrons. The van der Waals surface area contributed by atoms with Crippen LogP contribution in [0.3, 0.4) is 0 Å². The third-order valence-corrected chi connectivity index (χ3v) is 2.91. The molecule has 5 nitrogen and oxygen atoms in total. The minimum Gasteiger partial charge on any atom is -0.355 e. The van der Waals surface area contributed by atoms with Crippen molar-refractivity contribution in [3.63, 3.8) is 0 Å². The molecule has 19 heavy (non-hydrogen) atoms. The highest BCUT2D eigenvalue weighted by molar-refractivity contribution is 5.77. The monoisotopic (exact) mass is 271 g/mol. The second kappa shape index (κ2) is 9.78. The van der Waals surface area contributed by atoms with Gasteiger partial charge in [-0.05, 0) is 26.4 Å². The van der Waals surface area contributed by atoms with Gasteiger partial charge < -0.3 is 15.1 Å². The lowest BCUT2D eigenvalue weighted by molar-refractivity contribution is -0.129. The van der Waals surface area contributed by atoms with E-state index in [1.165, 1.54) is 0 Å². The Labute approximate surface area is 117 Å². The number of nitrogens with one attached hydrogen (secondary N) is 1. The van der Waals surface area contributed by atoms with Crippen LogP contribution >= 0.6 is 0 Å². The fraction of sp³-hybridized carbons (Fsp3) is 0.857. The molecule has 0 unspecified atom stereocenters. The normalized spacial score (nSPS) is 10.9. The van der Waals surface area contributed by atoms with Crippen molar-refractivity contribution in [3.8, 4) is 0 Å². The zero-order chi connectivity index (χ0) is 14.8. The maximum atomic E-state index is 11.6. The number of carbonyl (C=O) groups excluding carboxylic acids is 2. The quantitative estimate of drug-likeness (QED) is 0.679. The predicted octanol–water partition coefficient (Wildman–Crippen LogP) is 0.949. The summed E-state index contributed by atoms with van der Waals surface area (Å²) in [5.74, 6) is 0.621. The van der Waals surface area contributed by atoms with E-state index in [0.717, 1.165) is 19.5 Å². The Hall–Kier alpha value is -1.10. The van der Waals surface area contributed by atoms with Crippen LogP contribution in [0.15, 0.2) is 0 Å². The van der Waals surface area contributed by atoms with Crippen LogP contribution in [-0.2, 0) is 9.59 Å². The van der Waals surface area contributed by atoms with Crippen molar-refractivity contribution in [1.29, 1.82) is 0 Å². The minimum atomic E-state index is 0.0117. The van der Waals surface area contributed by atoms with Crippen molar-refractivity contribution in [2.24, 2.45) is 5.92 Å². The molecule has 2 amide bonds. The van der Waals surface area contributed by atoms with Crippen LogP contribution in [0, 0.1) is 5.92 Å². The zero-order valence-corrected chi connectivity index (χ0v) is 13.0. The van der Waals surface area contributed by atoms with Crippen LogP contribution in [0.4, 0.5) is 0 Å². The van der Waals surface area contributed by atoms with Crippen LogP contribution < -0.4 is 5.32 Å². The Kier molecular flexibility index (Phi) is 9.21. The number of hydrogen-bond acceptors (Lipinski definition) is 3. The van der Waals surface area contributed by atoms with E-state index in [2.05, 4.69) is 19.2 Å². The van der Waals surface area contributed by atoms with Gasteiger partial charge in [-0.1, -0.05) is 13.8 Å². The Morgan fingerprint density at radius 1 is 1.11 bits per heavy atom. The van der Waals surface area contributed by atoms with Gasteiger partial charge in [0.15, 0.2) is 0 Å². The van der Waals surface area contributed by atoms with E-state index in [9.17, 15) is 9.59 Å². The average Bonchev–Trinajstić information content (AvgIpc) is 2.27. The third-order valence-electron chi connectivity index (χ3n) is 2.91. The first-order valence-electron chi connectivity index (χ1n) is 7.00. The maximum absolute atomic E-state index is 11.6. The molecule has 0 atom stereocenters. The van der Waals surface area contributed by atoms with Gasteiger partial charge in [-0.3, -0.25) is 9.59 Å². The standard InChI is InChI=1S/C14H29N3O2/c1-12(2)6-9-17(13(3)18)10-7-14(19)15-8-11-16(4)5/h12H,6-11H2,1-5H3,(H,15,19). The molecule has 0 aromatic carbocycles. The van der Waals surface area contributed by atoms with Gasteiger partial charge in [-0.25, -0.2) is 0 Å². The van der Waals surface area contributed by atoms with Gasteiger partial charge in [-0.2, -0.15) is 0 Å². The molecule has 0 aliphatic rings. The fourth-order valence-corrected chi connectivity index (χ4v) is 1.58. The lowest BCUT2D eigenvalue weighted by atomic mass is 10.1. The van der Waals surface area contributed by atoms with Crippen LogP contribution in [-0.4, -0.2) is 61.9 Å². The third kappa shape index (κ3) is 10.5. The van der Waals surface area contributed by atoms with Gasteiger partial charge in [-0.15, -0.1) is 0 Å². The van der Waals surface area contributed by atoms with Crippen molar-refractivity contribution < 1.29 is 9.59 Å². The summed E-state index contributed by atoms with van der Waals surface area (Å²) in [6, 6.07) is 0. The number of likely N-dealkylation sites (N-methyl/N-ethyl adjacent to an activating group) is 1. The summed E-state index contributed by atoms with van der Waals surface area (Å²) < 4.78 is 0. The van der Waals surface area contributed by atoms with E-state index < -0.39 is 0 Å². The molecule has 0 aromatic rings. The summed E-state index contributed by atoms with van der Waals surface area (Å²) in [6.07, 6.45) is 1.35. The highest BCUT2D eigenvalue weighted by Gasteiger charge is 2.11. The van der Waals surface area contributed by atoms with E-state index in [1.807, 2.05) is 19.0 Å². The average molecular weight is 271 g/mol. The molecule has 0 bridgehead atoms. The predicted molar refractivity (Wildman–Crippen MR) is 77.9 cm³/mol. The molecule has 0 fully saturated rings. The molecule has 5 heteroatoms. The first kappa shape index (κ1) is 17.9. The number of rotatable bonds is 9. The SMILES string of the molecule is CC(=O)N(CCC(=O)NCCN(C)C)CCC(C)C. The summed E-state index contributed by atoms with van der Waals surface area (Å²) in [5, 5.41) is 2.85. The van der Waals surface area contributed by atoms with Gasteiger partial charge in [0.2, 0.25) is 11.8 Å². The van der Waals surface area contributed by atoms with Crippen molar-refractivity contribution in [1.82, 2.24) is 15.1 Å². The summed E-state index contributed by atoms with van der Waals surface area (Å²) >= 11 is 0. The van der Waals surface area contributed by atoms with Crippen LogP contribution in [0.1, 0.15) is 33.6 Å². The summed E-state index contributed by atoms with van der Waals surface area (Å²) in [5.41, 5.74) is 0. The summed E-state index contributed by atoms with van der Waals surface area (Å²) in [6.45, 7) is 8.55. The second-order valence-corrected chi connectivity index (χ2v) is 5.59. The van der Waals surface area contributed by atoms with Crippen molar-refractivity contribution in [2.45, 2.75) is 33.6 Å². The summed E-state index contributed by atoms with van der Waals surface area (Å²) in [7, 11) is 3.94. The minimum absolute atomic E-state index is 0.0117. The maximum Gasteiger partial charge on any atom is 0.221 e. The van der Waals surface area contributed by atoms with E-state index >= 15 is 0 Å². The first-order valence-corrected chi connectivity index (χ1v) is 7.00. The second-order valence-electron chi connectivity index (χ2n) is 5.59. The first-order chi connectivity index (χ1) is 8.82. The topological polar surface area (TPSA) is 52.7 Å². The lowest BCUT2D eigenvalue weighted by Gasteiger charge is -2.21. The highest BCUT2D eigenvalue weighted by Crippen LogP contribution is 2.03. The van der Waals surface area contributed by atoms with Crippen LogP contribution in [0.2, 0.25) is 0 Å². The van der Waals surface area contributed by atoms with E-state index in [0.29, 0.717) is 25.4 Å². The number of nitrogens with zero attached hydrogens (tertiary/aromatic N) is 2. The number of hydrogen-bond donors (Lipinski definition) is 1. The largest absolute Gasteiger partial charge is 0.355 e. The van der Waals surface area contributed by atoms with Crippen LogP contribution in [0.5, 0.6) is 0 Å². The van der Waals surface area contributed by atoms with Gasteiger partial charge in [0.1, 0.15) is 0 Å². The van der Waals surface area contributed by atoms with E-state index in [1.54, 1.807) is 11.8 Å². The molecule has 1 N–H and O–H groups in total. The van der Waals surface area contributed by atoms with Gasteiger partial charge in [0, 0.05) is 39.5 Å². The molecule has 0 aliphatic heterocycles. The Morgan fingerprint density at radius 3 is 2.21 bits per heavy atom. The summed E-state index contributed by atoms with van der Waals surface area (Å²) in [4.78, 5) is 26.9. The van der Waals surface area contributed by atoms with Crippen molar-refractivity contribution in [2.75, 3.05) is 40.3 Å². The zero-order valence-electron chi connectivity index (χ0n) is 13.0. The molecular weight excluding hydrogens is 242 g/mol. The Balaban J connectivity index is 3.90. The fourth-order valence-electron chi connectivity index (χ4n) is 1.58. The molecule has 0 aliphatic carbocycles. The van der Waals surface area contributed by atoms with Crippen molar-refractivity contribution >= 4 is 11.8 Å². The number of amides is 2. The smallest absolute Gasteiger partial charge is 0.221 e. The lowest BCUT2D eigenvalue weighted by Crippen LogP contribution is -2.36. The van der Waals surface area contributed by atoms with Gasteiger partial charge in [0.05, 0.1) is 0 Å². The van der Waals surface area contributed by atoms with Gasteiger partial charge in [0.25, 0.3) is 0 Å². The van der Waals surface area contributed by atoms with Crippen LogP contribution in [0.25, 0.3) is 0 Å². The highest BCUT2D eigenvalue weighted by atomic mass is 16.2. The molecular formula is C14H29N3O2. The molecule has 0 saturated carbocycles. The molecule has 0 saturated heterocycles. The van der Waals surface area contributed by atoms with Gasteiger partial charge >= 0.3 is 0 Å². The van der Waals surface area contributed by atoms with Crippen molar-refractivity contribution in [3.05, 3.63) is 0 Å². The molecule has 0 rings (SSSR count). The van der Waals surface area contributed by atoms with E-state index in [4.69, 9.17) is 0 Å². The Bertz CT molecular complexity index is 278. The Morgan fingerprint density at radius 2 is 1.74 bits per heavy atom. The molecule has 0 radical (unpaired) electrons. The molecule has 0 heterocycles.